The van der Waals surface area contributed by atoms with E-state index in [-0.39, 0.29) is 21.6 Å². The minimum absolute atomic E-state index is 0.187. The van der Waals surface area contributed by atoms with Gasteiger partial charge < -0.3 is 4.74 Å². The van der Waals surface area contributed by atoms with Gasteiger partial charge >= 0.3 is 0 Å². The summed E-state index contributed by atoms with van der Waals surface area (Å²) in [6.45, 7) is 0. The Morgan fingerprint density at radius 3 is 2.50 bits per heavy atom. The SMILES string of the molecule is COc1ncc([N+](=O)[O-])cc1-c1cc(Cl)cc(Cl)c1Cl. The van der Waals surface area contributed by atoms with Crippen LogP contribution in [0.4, 0.5) is 5.69 Å². The molecular weight excluding hydrogens is 327 g/mol. The maximum atomic E-state index is 10.8. The van der Waals surface area contributed by atoms with Crippen molar-refractivity contribution < 1.29 is 9.66 Å². The fourth-order valence-corrected chi connectivity index (χ4v) is 2.35. The summed E-state index contributed by atoms with van der Waals surface area (Å²) in [5, 5.41) is 11.7. The Labute approximate surface area is 129 Å². The maximum absolute atomic E-state index is 10.8. The fraction of sp³-hybridized carbons (Fsp3) is 0.0833. The predicted molar refractivity (Wildman–Crippen MR) is 77.9 cm³/mol. The van der Waals surface area contributed by atoms with Crippen LogP contribution in [0.5, 0.6) is 5.88 Å². The summed E-state index contributed by atoms with van der Waals surface area (Å²) in [5.74, 6) is 0.191. The standard InChI is InChI=1S/C12H7Cl3N2O3/c1-20-12-9(4-7(5-16-12)17(18)19)8-2-6(13)3-10(14)11(8)15/h2-5H,1H3. The Morgan fingerprint density at radius 2 is 1.90 bits per heavy atom. The molecule has 0 radical (unpaired) electrons. The fourth-order valence-electron chi connectivity index (χ4n) is 1.65. The lowest BCUT2D eigenvalue weighted by molar-refractivity contribution is -0.385. The van der Waals surface area contributed by atoms with Gasteiger partial charge in [-0.15, -0.1) is 0 Å². The number of pyridine rings is 1. The molecule has 1 aromatic carbocycles. The van der Waals surface area contributed by atoms with Gasteiger partial charge in [-0.25, -0.2) is 4.98 Å². The van der Waals surface area contributed by atoms with E-state index < -0.39 is 4.92 Å². The number of rotatable bonds is 3. The molecule has 104 valence electrons. The summed E-state index contributed by atoms with van der Waals surface area (Å²) in [4.78, 5) is 14.2. The molecule has 0 saturated carbocycles. The van der Waals surface area contributed by atoms with E-state index in [9.17, 15) is 10.1 Å². The monoisotopic (exact) mass is 332 g/mol. The number of ether oxygens (including phenoxy) is 1. The van der Waals surface area contributed by atoms with Gasteiger partial charge in [-0.1, -0.05) is 34.8 Å². The van der Waals surface area contributed by atoms with Crippen LogP contribution in [0, 0.1) is 10.1 Å². The lowest BCUT2D eigenvalue weighted by Gasteiger charge is -2.10. The molecule has 20 heavy (non-hydrogen) atoms. The molecule has 0 atom stereocenters. The molecule has 0 bridgehead atoms. The van der Waals surface area contributed by atoms with Crippen molar-refractivity contribution in [2.24, 2.45) is 0 Å². The van der Waals surface area contributed by atoms with Gasteiger partial charge in [0.05, 0.1) is 27.6 Å². The molecule has 2 rings (SSSR count). The van der Waals surface area contributed by atoms with Crippen molar-refractivity contribution in [3.05, 3.63) is 49.6 Å². The summed E-state index contributed by atoms with van der Waals surface area (Å²) in [6, 6.07) is 4.32. The molecule has 0 aliphatic carbocycles. The minimum Gasteiger partial charge on any atom is -0.481 e. The lowest BCUT2D eigenvalue weighted by Crippen LogP contribution is -1.96. The summed E-state index contributed by atoms with van der Waals surface area (Å²) in [7, 11) is 1.40. The van der Waals surface area contributed by atoms with Crippen LogP contribution in [0.2, 0.25) is 15.1 Å². The number of nitro groups is 1. The van der Waals surface area contributed by atoms with Gasteiger partial charge in [0, 0.05) is 16.7 Å². The molecule has 1 heterocycles. The van der Waals surface area contributed by atoms with E-state index in [0.717, 1.165) is 6.20 Å². The second-order valence-corrected chi connectivity index (χ2v) is 4.98. The van der Waals surface area contributed by atoms with Gasteiger partial charge in [0.25, 0.3) is 5.69 Å². The van der Waals surface area contributed by atoms with Crippen molar-refractivity contribution in [1.82, 2.24) is 4.98 Å². The Morgan fingerprint density at radius 1 is 1.20 bits per heavy atom. The van der Waals surface area contributed by atoms with Gasteiger partial charge in [-0.2, -0.15) is 0 Å². The third kappa shape index (κ3) is 2.80. The highest BCUT2D eigenvalue weighted by Gasteiger charge is 2.18. The molecule has 0 amide bonds. The predicted octanol–water partition coefficient (Wildman–Crippen LogP) is 4.63. The number of methoxy groups -OCH3 is 1. The molecule has 0 N–H and O–H groups in total. The zero-order valence-electron chi connectivity index (χ0n) is 10.1. The summed E-state index contributed by atoms with van der Waals surface area (Å²) in [5.41, 5.74) is 0.571. The van der Waals surface area contributed by atoms with Crippen molar-refractivity contribution in [3.8, 4) is 17.0 Å². The van der Waals surface area contributed by atoms with Crippen molar-refractivity contribution in [2.45, 2.75) is 0 Å². The van der Waals surface area contributed by atoms with Crippen molar-refractivity contribution in [2.75, 3.05) is 7.11 Å². The number of aromatic nitrogens is 1. The number of hydrogen-bond donors (Lipinski definition) is 0. The molecule has 0 spiro atoms. The van der Waals surface area contributed by atoms with E-state index in [0.29, 0.717) is 16.1 Å². The Bertz CT molecular complexity index is 692. The third-order valence-corrected chi connectivity index (χ3v) is 3.54. The first-order valence-electron chi connectivity index (χ1n) is 5.27. The molecule has 0 saturated heterocycles. The summed E-state index contributed by atoms with van der Waals surface area (Å²) >= 11 is 18.0. The smallest absolute Gasteiger partial charge is 0.288 e. The van der Waals surface area contributed by atoms with Gasteiger partial charge in [-0.05, 0) is 12.1 Å². The van der Waals surface area contributed by atoms with E-state index >= 15 is 0 Å². The normalized spacial score (nSPS) is 10.4. The third-order valence-electron chi connectivity index (χ3n) is 2.52. The minimum atomic E-state index is -0.560. The topological polar surface area (TPSA) is 65.3 Å². The Balaban J connectivity index is 2.73. The molecule has 8 heteroatoms. The molecule has 0 unspecified atom stereocenters. The van der Waals surface area contributed by atoms with Crippen LogP contribution in [0.25, 0.3) is 11.1 Å². The van der Waals surface area contributed by atoms with Gasteiger partial charge in [-0.3, -0.25) is 10.1 Å². The van der Waals surface area contributed by atoms with E-state index in [1.165, 1.54) is 19.2 Å². The zero-order valence-corrected chi connectivity index (χ0v) is 12.3. The van der Waals surface area contributed by atoms with Crippen molar-refractivity contribution >= 4 is 40.5 Å². The van der Waals surface area contributed by atoms with E-state index in [1.54, 1.807) is 6.07 Å². The number of hydrogen-bond acceptors (Lipinski definition) is 4. The van der Waals surface area contributed by atoms with Crippen LogP contribution in [-0.4, -0.2) is 17.0 Å². The largest absolute Gasteiger partial charge is 0.481 e. The quantitative estimate of drug-likeness (QED) is 0.467. The number of halogens is 3. The molecule has 2 aromatic rings. The van der Waals surface area contributed by atoms with Crippen LogP contribution < -0.4 is 4.74 Å². The van der Waals surface area contributed by atoms with Crippen molar-refractivity contribution in [3.63, 3.8) is 0 Å². The van der Waals surface area contributed by atoms with Crippen LogP contribution in [0.1, 0.15) is 0 Å². The van der Waals surface area contributed by atoms with Crippen LogP contribution in [-0.2, 0) is 0 Å². The highest BCUT2D eigenvalue weighted by atomic mass is 35.5. The molecule has 0 fully saturated rings. The van der Waals surface area contributed by atoms with Gasteiger partial charge in [0.15, 0.2) is 0 Å². The average molecular weight is 334 g/mol. The first-order chi connectivity index (χ1) is 9.43. The molecule has 0 aliphatic heterocycles. The highest BCUT2D eigenvalue weighted by Crippen LogP contribution is 2.40. The second kappa shape index (κ2) is 5.83. The van der Waals surface area contributed by atoms with Crippen molar-refractivity contribution in [1.29, 1.82) is 0 Å². The van der Waals surface area contributed by atoms with Crippen LogP contribution in [0.3, 0.4) is 0 Å². The first-order valence-corrected chi connectivity index (χ1v) is 6.40. The lowest BCUT2D eigenvalue weighted by atomic mass is 10.1. The van der Waals surface area contributed by atoms with E-state index in [4.69, 9.17) is 39.5 Å². The molecule has 0 aliphatic rings. The van der Waals surface area contributed by atoms with Gasteiger partial charge in [0.1, 0.15) is 6.20 Å². The highest BCUT2D eigenvalue weighted by molar-refractivity contribution is 6.45. The zero-order chi connectivity index (χ0) is 14.9. The summed E-state index contributed by atoms with van der Waals surface area (Å²) < 4.78 is 5.09. The Kier molecular flexibility index (Phi) is 4.32. The summed E-state index contributed by atoms with van der Waals surface area (Å²) in [6.07, 6.45) is 1.10. The number of nitrogens with zero attached hydrogens (tertiary/aromatic N) is 2. The average Bonchev–Trinajstić information content (AvgIpc) is 2.42. The maximum Gasteiger partial charge on any atom is 0.288 e. The first kappa shape index (κ1) is 14.8. The van der Waals surface area contributed by atoms with Crippen LogP contribution >= 0.6 is 34.8 Å². The molecule has 5 nitrogen and oxygen atoms in total. The van der Waals surface area contributed by atoms with E-state index in [2.05, 4.69) is 4.98 Å². The molecular formula is C12H7Cl3N2O3. The van der Waals surface area contributed by atoms with E-state index in [1.807, 2.05) is 0 Å². The molecule has 1 aromatic heterocycles. The second-order valence-electron chi connectivity index (χ2n) is 3.76. The Hall–Kier alpha value is -1.56. The van der Waals surface area contributed by atoms with Gasteiger partial charge in [0.2, 0.25) is 5.88 Å². The van der Waals surface area contributed by atoms with Crippen LogP contribution in [0.15, 0.2) is 24.4 Å². The number of benzene rings is 1.